The molecule has 1 amide bonds. The molecule has 2 aromatic carbocycles. The predicted octanol–water partition coefficient (Wildman–Crippen LogP) is 2.81. The highest BCUT2D eigenvalue weighted by atomic mass is 32.2. The van der Waals surface area contributed by atoms with Crippen LogP contribution in [0, 0.1) is 16.0 Å². The second-order valence-corrected chi connectivity index (χ2v) is 9.97. The molecule has 172 valence electrons. The number of rotatable bonds is 8. The predicted molar refractivity (Wildman–Crippen MR) is 123 cm³/mol. The Morgan fingerprint density at radius 3 is 2.44 bits per heavy atom. The highest BCUT2D eigenvalue weighted by Crippen LogP contribution is 2.29. The van der Waals surface area contributed by atoms with Gasteiger partial charge in [0.1, 0.15) is 0 Å². The number of nitro groups is 1. The zero-order valence-corrected chi connectivity index (χ0v) is 19.0. The number of carbonyl (C=O) groups is 1. The normalized spacial score (nSPS) is 14.9. The number of anilines is 1. The van der Waals surface area contributed by atoms with E-state index in [1.165, 1.54) is 19.2 Å². The van der Waals surface area contributed by atoms with E-state index in [1.54, 1.807) is 30.3 Å². The van der Waals surface area contributed by atoms with Gasteiger partial charge in [0, 0.05) is 31.8 Å². The Balaban J connectivity index is 1.83. The Kier molecular flexibility index (Phi) is 7.47. The minimum Gasteiger partial charge on any atom is -0.371 e. The van der Waals surface area contributed by atoms with Gasteiger partial charge in [-0.2, -0.15) is 0 Å². The van der Waals surface area contributed by atoms with Crippen LogP contribution in [0.25, 0.3) is 0 Å². The van der Waals surface area contributed by atoms with Crippen LogP contribution in [-0.2, 0) is 22.3 Å². The summed E-state index contributed by atoms with van der Waals surface area (Å²) in [5, 5.41) is 14.1. The molecular weight excluding hydrogens is 432 g/mol. The van der Waals surface area contributed by atoms with Crippen molar-refractivity contribution < 1.29 is 18.1 Å². The third kappa shape index (κ3) is 5.83. The zero-order valence-electron chi connectivity index (χ0n) is 18.2. The van der Waals surface area contributed by atoms with E-state index in [0.29, 0.717) is 22.7 Å². The van der Waals surface area contributed by atoms with Crippen molar-refractivity contribution in [2.75, 3.05) is 25.0 Å². The summed E-state index contributed by atoms with van der Waals surface area (Å²) in [7, 11) is -2.12. The molecule has 0 saturated carbocycles. The number of nitro benzene ring substituents is 1. The Labute approximate surface area is 188 Å². The lowest BCUT2D eigenvalue weighted by Crippen LogP contribution is -2.35. The summed E-state index contributed by atoms with van der Waals surface area (Å²) in [4.78, 5) is 25.9. The summed E-state index contributed by atoms with van der Waals surface area (Å²) in [6, 6.07) is 11.3. The molecule has 0 radical (unpaired) electrons. The SMILES string of the molecule is CNS(=O)(=O)Cc1ccccc1CNC(=O)c1cc([N+](=O)[O-])ccc1N1CCC(C)CC1. The minimum atomic E-state index is -3.47. The smallest absolute Gasteiger partial charge is 0.270 e. The van der Waals surface area contributed by atoms with Crippen molar-refractivity contribution in [3.05, 3.63) is 69.3 Å². The molecule has 1 aliphatic heterocycles. The second kappa shape index (κ2) is 10.1. The maximum absolute atomic E-state index is 13.1. The average molecular weight is 461 g/mol. The molecule has 1 fully saturated rings. The average Bonchev–Trinajstić information content (AvgIpc) is 2.78. The minimum absolute atomic E-state index is 0.105. The fourth-order valence-corrected chi connectivity index (χ4v) is 4.60. The molecule has 2 aromatic rings. The zero-order chi connectivity index (χ0) is 23.3. The van der Waals surface area contributed by atoms with E-state index < -0.39 is 20.9 Å². The molecule has 0 bridgehead atoms. The number of amides is 1. The molecule has 1 aliphatic rings. The van der Waals surface area contributed by atoms with Gasteiger partial charge in [-0.1, -0.05) is 31.2 Å². The van der Waals surface area contributed by atoms with Crippen LogP contribution < -0.4 is 14.9 Å². The van der Waals surface area contributed by atoms with Crippen LogP contribution in [0.4, 0.5) is 11.4 Å². The maximum atomic E-state index is 13.1. The van der Waals surface area contributed by atoms with Crippen LogP contribution in [0.1, 0.15) is 41.3 Å². The van der Waals surface area contributed by atoms with E-state index in [0.717, 1.165) is 25.9 Å². The lowest BCUT2D eigenvalue weighted by molar-refractivity contribution is -0.384. The van der Waals surface area contributed by atoms with Gasteiger partial charge < -0.3 is 10.2 Å². The summed E-state index contributed by atoms with van der Waals surface area (Å²) in [6.45, 7) is 3.86. The van der Waals surface area contributed by atoms with Crippen molar-refractivity contribution in [3.8, 4) is 0 Å². The first-order valence-corrected chi connectivity index (χ1v) is 12.1. The Morgan fingerprint density at radius 2 is 1.81 bits per heavy atom. The van der Waals surface area contributed by atoms with Crippen molar-refractivity contribution >= 4 is 27.3 Å². The van der Waals surface area contributed by atoms with Crippen LogP contribution in [0.3, 0.4) is 0 Å². The number of sulfonamides is 1. The lowest BCUT2D eigenvalue weighted by Gasteiger charge is -2.33. The summed E-state index contributed by atoms with van der Waals surface area (Å²) < 4.78 is 26.2. The standard InChI is InChI=1S/C22H28N4O5S/c1-16-9-11-25(12-10-16)21-8-7-19(26(28)29)13-20(21)22(27)24-14-17-5-3-4-6-18(17)15-32(30,31)23-2/h3-8,13,16,23H,9-12,14-15H2,1-2H3,(H,24,27). The number of carbonyl (C=O) groups excluding carboxylic acids is 1. The van der Waals surface area contributed by atoms with Gasteiger partial charge in [0.25, 0.3) is 11.6 Å². The Hall–Kier alpha value is -2.98. The quantitative estimate of drug-likeness (QED) is 0.461. The number of hydrogen-bond donors (Lipinski definition) is 2. The molecule has 3 rings (SSSR count). The fraction of sp³-hybridized carbons (Fsp3) is 0.409. The van der Waals surface area contributed by atoms with Crippen molar-refractivity contribution in [1.29, 1.82) is 0 Å². The van der Waals surface area contributed by atoms with Gasteiger partial charge in [0.05, 0.1) is 21.9 Å². The van der Waals surface area contributed by atoms with Crippen molar-refractivity contribution in [3.63, 3.8) is 0 Å². The lowest BCUT2D eigenvalue weighted by atomic mass is 9.97. The number of nitrogens with one attached hydrogen (secondary N) is 2. The summed E-state index contributed by atoms with van der Waals surface area (Å²) in [5.41, 5.74) is 2.01. The molecule has 0 aromatic heterocycles. The van der Waals surface area contributed by atoms with E-state index in [9.17, 15) is 23.3 Å². The first-order chi connectivity index (χ1) is 15.2. The summed E-state index contributed by atoms with van der Waals surface area (Å²) >= 11 is 0. The van der Waals surface area contributed by atoms with Crippen molar-refractivity contribution in [1.82, 2.24) is 10.0 Å². The number of hydrogen-bond acceptors (Lipinski definition) is 6. The van der Waals surface area contributed by atoms with Crippen LogP contribution in [0.15, 0.2) is 42.5 Å². The molecule has 32 heavy (non-hydrogen) atoms. The summed E-state index contributed by atoms with van der Waals surface area (Å²) in [6.07, 6.45) is 1.98. The Bertz CT molecular complexity index is 1100. The third-order valence-electron chi connectivity index (χ3n) is 5.77. The number of benzene rings is 2. The maximum Gasteiger partial charge on any atom is 0.270 e. The van der Waals surface area contributed by atoms with E-state index in [-0.39, 0.29) is 23.5 Å². The van der Waals surface area contributed by atoms with Crippen molar-refractivity contribution in [2.45, 2.75) is 32.1 Å². The van der Waals surface area contributed by atoms with Crippen molar-refractivity contribution in [2.24, 2.45) is 5.92 Å². The van der Waals surface area contributed by atoms with Crippen LogP contribution in [0.5, 0.6) is 0 Å². The first kappa shape index (κ1) is 23.7. The first-order valence-electron chi connectivity index (χ1n) is 10.5. The van der Waals surface area contributed by atoms with E-state index in [1.807, 2.05) is 0 Å². The Morgan fingerprint density at radius 1 is 1.16 bits per heavy atom. The number of nitrogens with zero attached hydrogens (tertiary/aromatic N) is 2. The third-order valence-corrected chi connectivity index (χ3v) is 7.09. The van der Waals surface area contributed by atoms with Crippen LogP contribution >= 0.6 is 0 Å². The molecule has 0 aliphatic carbocycles. The number of piperidine rings is 1. The van der Waals surface area contributed by atoms with Gasteiger partial charge in [-0.3, -0.25) is 14.9 Å². The molecule has 1 heterocycles. The van der Waals surface area contributed by atoms with Gasteiger partial charge in [-0.25, -0.2) is 13.1 Å². The van der Waals surface area contributed by atoms with Gasteiger partial charge in [-0.05, 0) is 43.0 Å². The summed E-state index contributed by atoms with van der Waals surface area (Å²) in [5.74, 6) is -0.0376. The molecular formula is C22H28N4O5S. The molecule has 0 spiro atoms. The van der Waals surface area contributed by atoms with Gasteiger partial charge >= 0.3 is 0 Å². The highest BCUT2D eigenvalue weighted by Gasteiger charge is 2.23. The fourth-order valence-electron chi connectivity index (χ4n) is 3.76. The molecule has 0 atom stereocenters. The van der Waals surface area contributed by atoms with Crippen LogP contribution in [0.2, 0.25) is 0 Å². The van der Waals surface area contributed by atoms with E-state index in [2.05, 4.69) is 21.9 Å². The molecule has 0 unspecified atom stereocenters. The van der Waals surface area contributed by atoms with Gasteiger partial charge in [0.2, 0.25) is 10.0 Å². The molecule has 2 N–H and O–H groups in total. The van der Waals surface area contributed by atoms with Crippen LogP contribution in [-0.4, -0.2) is 39.4 Å². The monoisotopic (exact) mass is 460 g/mol. The van der Waals surface area contributed by atoms with Gasteiger partial charge in [0.15, 0.2) is 0 Å². The number of non-ortho nitro benzene ring substituents is 1. The van der Waals surface area contributed by atoms with E-state index >= 15 is 0 Å². The van der Waals surface area contributed by atoms with E-state index in [4.69, 9.17) is 0 Å². The topological polar surface area (TPSA) is 122 Å². The molecule has 9 nitrogen and oxygen atoms in total. The van der Waals surface area contributed by atoms with Gasteiger partial charge in [-0.15, -0.1) is 0 Å². The second-order valence-electron chi connectivity index (χ2n) is 8.04. The molecule has 10 heteroatoms. The molecule has 1 saturated heterocycles. The highest BCUT2D eigenvalue weighted by molar-refractivity contribution is 7.88. The largest absolute Gasteiger partial charge is 0.371 e.